The highest BCUT2D eigenvalue weighted by Gasteiger charge is 2.18. The predicted molar refractivity (Wildman–Crippen MR) is 107 cm³/mol. The van der Waals surface area contributed by atoms with E-state index in [-0.39, 0.29) is 11.1 Å². The summed E-state index contributed by atoms with van der Waals surface area (Å²) < 4.78 is 16.6. The number of fused-ring (bicyclic) bond motifs is 1. The number of unbranched alkanes of at least 4 members (excludes halogenated alkanes) is 1. The predicted octanol–water partition coefficient (Wildman–Crippen LogP) is 3.91. The molecule has 0 fully saturated rings. The maximum Gasteiger partial charge on any atom is 0.349 e. The lowest BCUT2D eigenvalue weighted by atomic mass is 10.1. The first kappa shape index (κ1) is 19.5. The van der Waals surface area contributed by atoms with Gasteiger partial charge < -0.3 is 19.2 Å². The van der Waals surface area contributed by atoms with Crippen LogP contribution in [0.3, 0.4) is 0 Å². The maximum atomic E-state index is 12.5. The molecule has 28 heavy (non-hydrogen) atoms. The summed E-state index contributed by atoms with van der Waals surface area (Å²) >= 11 is 0. The fraction of sp³-hybridized carbons (Fsp3) is 0.273. The van der Waals surface area contributed by atoms with Crippen LogP contribution in [0, 0.1) is 0 Å². The normalized spacial score (nSPS) is 10.6. The molecule has 0 aliphatic carbocycles. The van der Waals surface area contributed by atoms with E-state index in [1.165, 1.54) is 13.2 Å². The number of amides is 1. The van der Waals surface area contributed by atoms with Gasteiger partial charge in [0.25, 0.3) is 5.91 Å². The van der Waals surface area contributed by atoms with E-state index in [4.69, 9.17) is 13.9 Å². The van der Waals surface area contributed by atoms with Crippen molar-refractivity contribution in [3.63, 3.8) is 0 Å². The maximum absolute atomic E-state index is 12.5. The minimum absolute atomic E-state index is 0.0480. The van der Waals surface area contributed by atoms with Crippen LogP contribution < -0.4 is 20.4 Å². The highest BCUT2D eigenvalue weighted by molar-refractivity contribution is 5.97. The lowest BCUT2D eigenvalue weighted by molar-refractivity contribution is 0.0947. The molecule has 3 rings (SSSR count). The summed E-state index contributed by atoms with van der Waals surface area (Å²) in [4.78, 5) is 24.9. The Labute approximate surface area is 163 Å². The van der Waals surface area contributed by atoms with Gasteiger partial charge in [-0.05, 0) is 30.2 Å². The van der Waals surface area contributed by atoms with Crippen LogP contribution in [-0.2, 0) is 6.54 Å². The van der Waals surface area contributed by atoms with Crippen molar-refractivity contribution in [1.82, 2.24) is 5.32 Å². The summed E-state index contributed by atoms with van der Waals surface area (Å²) in [6.07, 6.45) is 1.84. The summed E-state index contributed by atoms with van der Waals surface area (Å²) in [5.74, 6) is 0.374. The third kappa shape index (κ3) is 4.34. The van der Waals surface area contributed by atoms with Gasteiger partial charge in [-0.25, -0.2) is 4.79 Å². The first-order valence-corrected chi connectivity index (χ1v) is 9.23. The Morgan fingerprint density at radius 1 is 1.14 bits per heavy atom. The number of hydrogen-bond acceptors (Lipinski definition) is 5. The van der Waals surface area contributed by atoms with Crippen molar-refractivity contribution < 1.29 is 18.7 Å². The lowest BCUT2D eigenvalue weighted by Gasteiger charge is -2.12. The molecule has 0 aliphatic rings. The number of nitrogens with one attached hydrogen (secondary N) is 1. The SMILES string of the molecule is CCCCOc1c(OC)ccc2cc(C(=O)NCc3ccccc3)c(=O)oc12. The van der Waals surface area contributed by atoms with Crippen molar-refractivity contribution in [3.05, 3.63) is 70.1 Å². The molecule has 6 heteroatoms. The summed E-state index contributed by atoms with van der Waals surface area (Å²) in [6, 6.07) is 14.5. The average Bonchev–Trinajstić information content (AvgIpc) is 2.72. The van der Waals surface area contributed by atoms with E-state index in [9.17, 15) is 9.59 Å². The van der Waals surface area contributed by atoms with Gasteiger partial charge in [-0.15, -0.1) is 0 Å². The summed E-state index contributed by atoms with van der Waals surface area (Å²) in [5, 5.41) is 3.34. The van der Waals surface area contributed by atoms with E-state index in [2.05, 4.69) is 12.2 Å². The van der Waals surface area contributed by atoms with Crippen molar-refractivity contribution >= 4 is 16.9 Å². The highest BCUT2D eigenvalue weighted by atomic mass is 16.5. The fourth-order valence-corrected chi connectivity index (χ4v) is 2.79. The molecule has 1 heterocycles. The minimum atomic E-state index is -0.716. The van der Waals surface area contributed by atoms with Gasteiger partial charge in [0, 0.05) is 11.9 Å². The van der Waals surface area contributed by atoms with E-state index in [1.807, 2.05) is 30.3 Å². The lowest BCUT2D eigenvalue weighted by Crippen LogP contribution is -2.27. The van der Waals surface area contributed by atoms with E-state index < -0.39 is 11.5 Å². The van der Waals surface area contributed by atoms with Crippen LogP contribution in [0.5, 0.6) is 11.5 Å². The number of ether oxygens (including phenoxy) is 2. The Hall–Kier alpha value is -3.28. The Bertz CT molecular complexity index is 1010. The Kier molecular flexibility index (Phi) is 6.32. The molecule has 0 atom stereocenters. The first-order chi connectivity index (χ1) is 13.6. The van der Waals surface area contributed by atoms with Crippen molar-refractivity contribution in [2.75, 3.05) is 13.7 Å². The number of carbonyl (C=O) groups is 1. The highest BCUT2D eigenvalue weighted by Crippen LogP contribution is 2.35. The van der Waals surface area contributed by atoms with Crippen molar-refractivity contribution in [2.24, 2.45) is 0 Å². The van der Waals surface area contributed by atoms with Gasteiger partial charge in [-0.3, -0.25) is 4.79 Å². The van der Waals surface area contributed by atoms with Gasteiger partial charge in [0.1, 0.15) is 5.56 Å². The van der Waals surface area contributed by atoms with Crippen molar-refractivity contribution in [3.8, 4) is 11.5 Å². The Morgan fingerprint density at radius 3 is 2.64 bits per heavy atom. The van der Waals surface area contributed by atoms with E-state index in [0.717, 1.165) is 18.4 Å². The standard InChI is InChI=1S/C22H23NO5/c1-3-4-12-27-20-18(26-2)11-10-16-13-17(22(25)28-19(16)20)21(24)23-14-15-8-6-5-7-9-15/h5-11,13H,3-4,12,14H2,1-2H3,(H,23,24). The molecule has 2 aromatic carbocycles. The van der Waals surface area contributed by atoms with Crippen LogP contribution in [0.1, 0.15) is 35.7 Å². The van der Waals surface area contributed by atoms with Crippen LogP contribution in [-0.4, -0.2) is 19.6 Å². The van der Waals surface area contributed by atoms with Crippen LogP contribution in [0.4, 0.5) is 0 Å². The summed E-state index contributed by atoms with van der Waals surface area (Å²) in [7, 11) is 1.53. The molecule has 1 aromatic heterocycles. The second-order valence-corrected chi connectivity index (χ2v) is 6.33. The molecule has 1 N–H and O–H groups in total. The Balaban J connectivity index is 1.89. The van der Waals surface area contributed by atoms with Crippen molar-refractivity contribution in [2.45, 2.75) is 26.3 Å². The molecule has 0 bridgehead atoms. The average molecular weight is 381 g/mol. The van der Waals surface area contributed by atoms with Crippen LogP contribution in [0.2, 0.25) is 0 Å². The zero-order chi connectivity index (χ0) is 19.9. The number of methoxy groups -OCH3 is 1. The molecule has 0 saturated carbocycles. The summed E-state index contributed by atoms with van der Waals surface area (Å²) in [5.41, 5.74) is 0.456. The first-order valence-electron chi connectivity index (χ1n) is 9.23. The van der Waals surface area contributed by atoms with Crippen molar-refractivity contribution in [1.29, 1.82) is 0 Å². The molecule has 146 valence electrons. The van der Waals surface area contributed by atoms with E-state index >= 15 is 0 Å². The molecular formula is C22H23NO5. The Morgan fingerprint density at radius 2 is 1.93 bits per heavy atom. The van der Waals surface area contributed by atoms with Gasteiger partial charge >= 0.3 is 5.63 Å². The molecule has 3 aromatic rings. The number of benzene rings is 2. The van der Waals surface area contributed by atoms with E-state index in [1.54, 1.807) is 12.1 Å². The van der Waals surface area contributed by atoms with Gasteiger partial charge in [-0.1, -0.05) is 43.7 Å². The molecule has 0 aliphatic heterocycles. The number of carbonyl (C=O) groups excluding carboxylic acids is 1. The number of hydrogen-bond donors (Lipinski definition) is 1. The zero-order valence-corrected chi connectivity index (χ0v) is 16.0. The summed E-state index contributed by atoms with van der Waals surface area (Å²) in [6.45, 7) is 2.87. The van der Waals surface area contributed by atoms with Crippen LogP contribution in [0.25, 0.3) is 11.0 Å². The minimum Gasteiger partial charge on any atom is -0.493 e. The quantitative estimate of drug-likeness (QED) is 0.473. The molecule has 0 saturated heterocycles. The molecule has 0 spiro atoms. The molecule has 6 nitrogen and oxygen atoms in total. The number of rotatable bonds is 8. The molecule has 0 unspecified atom stereocenters. The third-order valence-corrected chi connectivity index (χ3v) is 4.33. The van der Waals surface area contributed by atoms with Crippen LogP contribution in [0.15, 0.2) is 57.7 Å². The van der Waals surface area contributed by atoms with E-state index in [0.29, 0.717) is 30.0 Å². The van der Waals surface area contributed by atoms with Gasteiger partial charge in [0.2, 0.25) is 5.75 Å². The fourth-order valence-electron chi connectivity index (χ4n) is 2.79. The smallest absolute Gasteiger partial charge is 0.349 e. The topological polar surface area (TPSA) is 77.8 Å². The largest absolute Gasteiger partial charge is 0.493 e. The monoisotopic (exact) mass is 381 g/mol. The molecule has 0 radical (unpaired) electrons. The van der Waals surface area contributed by atoms with Gasteiger partial charge in [0.05, 0.1) is 13.7 Å². The second-order valence-electron chi connectivity index (χ2n) is 6.33. The third-order valence-electron chi connectivity index (χ3n) is 4.33. The van der Waals surface area contributed by atoms with Gasteiger partial charge in [0.15, 0.2) is 11.3 Å². The second kappa shape index (κ2) is 9.08. The molecule has 1 amide bonds. The van der Waals surface area contributed by atoms with Crippen LogP contribution >= 0.6 is 0 Å². The molecular weight excluding hydrogens is 358 g/mol. The van der Waals surface area contributed by atoms with Gasteiger partial charge in [-0.2, -0.15) is 0 Å². The zero-order valence-electron chi connectivity index (χ0n) is 16.0.